The monoisotopic (exact) mass is 389 g/mol. The number of phenolic OH excluding ortho intramolecular Hbond substituents is 1. The van der Waals surface area contributed by atoms with Crippen molar-refractivity contribution < 1.29 is 19.4 Å². The van der Waals surface area contributed by atoms with Gasteiger partial charge in [0.15, 0.2) is 0 Å². The molecule has 5 nitrogen and oxygen atoms in total. The van der Waals surface area contributed by atoms with E-state index in [1.165, 1.54) is 18.1 Å². The molecular formula is C24H23NO4. The van der Waals surface area contributed by atoms with Gasteiger partial charge in [0.05, 0.1) is 24.1 Å². The highest BCUT2D eigenvalue weighted by atomic mass is 16.5. The number of anilines is 1. The van der Waals surface area contributed by atoms with E-state index in [1.807, 2.05) is 31.2 Å². The lowest BCUT2D eigenvalue weighted by Gasteiger charge is -2.40. The number of aromatic hydroxyl groups is 1. The van der Waals surface area contributed by atoms with Gasteiger partial charge >= 0.3 is 0 Å². The minimum Gasteiger partial charge on any atom is -0.508 e. The fourth-order valence-electron chi connectivity index (χ4n) is 4.75. The van der Waals surface area contributed by atoms with Gasteiger partial charge in [0.1, 0.15) is 11.5 Å². The molecule has 0 bridgehead atoms. The number of methoxy groups -OCH3 is 1. The Labute approximate surface area is 169 Å². The molecule has 0 aromatic heterocycles. The summed E-state index contributed by atoms with van der Waals surface area (Å²) in [5, 5.41) is 9.88. The first kappa shape index (κ1) is 19.0. The van der Waals surface area contributed by atoms with Gasteiger partial charge in [-0.05, 0) is 37.1 Å². The smallest absolute Gasteiger partial charge is 0.241 e. The number of carbonyl (C=O) groups is 2. The van der Waals surface area contributed by atoms with Crippen molar-refractivity contribution in [3.05, 3.63) is 78.4 Å². The van der Waals surface area contributed by atoms with Gasteiger partial charge in [0.2, 0.25) is 11.8 Å². The number of rotatable bonds is 4. The van der Waals surface area contributed by atoms with E-state index in [9.17, 15) is 14.7 Å². The number of carbonyl (C=O) groups excluding carboxylic acids is 2. The van der Waals surface area contributed by atoms with E-state index in [0.717, 1.165) is 11.1 Å². The summed E-state index contributed by atoms with van der Waals surface area (Å²) in [6, 6.07) is 13.9. The zero-order chi connectivity index (χ0) is 20.8. The lowest BCUT2D eigenvalue weighted by Crippen LogP contribution is -2.41. The highest BCUT2D eigenvalue weighted by molar-refractivity contribution is 6.24. The van der Waals surface area contributed by atoms with Gasteiger partial charge in [-0.2, -0.15) is 0 Å². The molecule has 3 unspecified atom stereocenters. The summed E-state index contributed by atoms with van der Waals surface area (Å²) >= 11 is 0. The van der Waals surface area contributed by atoms with Crippen molar-refractivity contribution >= 4 is 17.5 Å². The van der Waals surface area contributed by atoms with Crippen molar-refractivity contribution in [2.24, 2.45) is 11.3 Å². The Morgan fingerprint density at radius 2 is 1.93 bits per heavy atom. The van der Waals surface area contributed by atoms with Crippen molar-refractivity contribution in [1.29, 1.82) is 0 Å². The quantitative estimate of drug-likeness (QED) is 0.796. The van der Waals surface area contributed by atoms with Crippen LogP contribution in [0.3, 0.4) is 0 Å². The summed E-state index contributed by atoms with van der Waals surface area (Å²) in [6.07, 6.45) is 4.19. The predicted octanol–water partition coefficient (Wildman–Crippen LogP) is 4.20. The van der Waals surface area contributed by atoms with Gasteiger partial charge < -0.3 is 9.84 Å². The zero-order valence-corrected chi connectivity index (χ0v) is 16.5. The van der Waals surface area contributed by atoms with Crippen molar-refractivity contribution in [2.75, 3.05) is 12.0 Å². The van der Waals surface area contributed by atoms with Crippen LogP contribution in [0, 0.1) is 11.3 Å². The zero-order valence-electron chi connectivity index (χ0n) is 16.5. The summed E-state index contributed by atoms with van der Waals surface area (Å²) in [5.41, 5.74) is 1.22. The molecule has 148 valence electrons. The van der Waals surface area contributed by atoms with Gasteiger partial charge in [-0.1, -0.05) is 43.0 Å². The highest BCUT2D eigenvalue weighted by Crippen LogP contribution is 2.58. The molecule has 2 amide bonds. The molecular weight excluding hydrogens is 366 g/mol. The van der Waals surface area contributed by atoms with Crippen LogP contribution in [-0.2, 0) is 9.59 Å². The summed E-state index contributed by atoms with van der Waals surface area (Å²) in [4.78, 5) is 28.4. The van der Waals surface area contributed by atoms with Crippen molar-refractivity contribution in [3.8, 4) is 11.5 Å². The molecule has 2 aromatic rings. The first-order valence-electron chi connectivity index (χ1n) is 9.56. The number of nitrogens with zero attached hydrogens (tertiary/aromatic N) is 1. The lowest BCUT2D eigenvalue weighted by atomic mass is 9.60. The van der Waals surface area contributed by atoms with Crippen LogP contribution in [-0.4, -0.2) is 24.0 Å². The Balaban J connectivity index is 1.90. The van der Waals surface area contributed by atoms with E-state index in [4.69, 9.17) is 4.74 Å². The van der Waals surface area contributed by atoms with E-state index in [0.29, 0.717) is 17.9 Å². The number of benzene rings is 2. The number of ether oxygens (including phenoxy) is 1. The van der Waals surface area contributed by atoms with Crippen LogP contribution in [0.4, 0.5) is 5.69 Å². The highest BCUT2D eigenvalue weighted by Gasteiger charge is 2.62. The number of allylic oxidation sites excluding steroid dienone is 3. The summed E-state index contributed by atoms with van der Waals surface area (Å²) in [7, 11) is 1.52. The number of amides is 2. The van der Waals surface area contributed by atoms with E-state index < -0.39 is 17.3 Å². The molecule has 4 rings (SSSR count). The molecule has 1 saturated heterocycles. The molecule has 1 aliphatic heterocycles. The molecule has 1 N–H and O–H groups in total. The molecule has 1 heterocycles. The first-order valence-corrected chi connectivity index (χ1v) is 9.56. The van der Waals surface area contributed by atoms with E-state index in [2.05, 4.69) is 6.58 Å². The normalized spacial score (nSPS) is 26.1. The SMILES string of the molecule is C=CC1=CCC2C(=O)N(c3ccccc3)C(=O)C2(C)C1c1ccc(O)cc1OC. The number of hydrogen-bond acceptors (Lipinski definition) is 4. The predicted molar refractivity (Wildman–Crippen MR) is 111 cm³/mol. The second-order valence-corrected chi connectivity index (χ2v) is 7.65. The molecule has 29 heavy (non-hydrogen) atoms. The Morgan fingerprint density at radius 1 is 1.21 bits per heavy atom. The third-order valence-corrected chi connectivity index (χ3v) is 6.21. The van der Waals surface area contributed by atoms with Crippen molar-refractivity contribution in [3.63, 3.8) is 0 Å². The summed E-state index contributed by atoms with van der Waals surface area (Å²) in [5.74, 6) is -0.769. The van der Waals surface area contributed by atoms with Crippen LogP contribution in [0.15, 0.2) is 72.8 Å². The fraction of sp³-hybridized carbons (Fsp3) is 0.250. The third-order valence-electron chi connectivity index (χ3n) is 6.21. The Kier molecular flexibility index (Phi) is 4.53. The van der Waals surface area contributed by atoms with Crippen LogP contribution in [0.25, 0.3) is 0 Å². The number of fused-ring (bicyclic) bond motifs is 1. The second-order valence-electron chi connectivity index (χ2n) is 7.65. The minimum absolute atomic E-state index is 0.0759. The molecule has 3 atom stereocenters. The van der Waals surface area contributed by atoms with Gasteiger partial charge in [0, 0.05) is 17.5 Å². The maximum atomic E-state index is 13.7. The van der Waals surface area contributed by atoms with Gasteiger partial charge in [-0.15, -0.1) is 0 Å². The van der Waals surface area contributed by atoms with Crippen molar-refractivity contribution in [1.82, 2.24) is 0 Å². The number of para-hydroxylation sites is 1. The Hall–Kier alpha value is -3.34. The molecule has 1 aliphatic carbocycles. The Bertz CT molecular complexity index is 1030. The van der Waals surface area contributed by atoms with E-state index >= 15 is 0 Å². The van der Waals surface area contributed by atoms with Crippen molar-refractivity contribution in [2.45, 2.75) is 19.3 Å². The van der Waals surface area contributed by atoms with Gasteiger partial charge in [-0.3, -0.25) is 9.59 Å². The molecule has 2 aliphatic rings. The molecule has 2 aromatic carbocycles. The summed E-state index contributed by atoms with van der Waals surface area (Å²) < 4.78 is 5.51. The maximum Gasteiger partial charge on any atom is 0.241 e. The number of imide groups is 1. The maximum absolute atomic E-state index is 13.7. The average molecular weight is 389 g/mol. The van der Waals surface area contributed by atoms with E-state index in [-0.39, 0.29) is 17.6 Å². The van der Waals surface area contributed by atoms with Crippen LogP contribution >= 0.6 is 0 Å². The lowest BCUT2D eigenvalue weighted by molar-refractivity contribution is -0.127. The average Bonchev–Trinajstić information content (AvgIpc) is 2.93. The Morgan fingerprint density at radius 3 is 2.59 bits per heavy atom. The summed E-state index contributed by atoms with van der Waals surface area (Å²) in [6.45, 7) is 5.79. The van der Waals surface area contributed by atoms with Crippen LogP contribution < -0.4 is 9.64 Å². The fourth-order valence-corrected chi connectivity index (χ4v) is 4.75. The minimum atomic E-state index is -0.991. The first-order chi connectivity index (χ1) is 13.9. The standard InChI is InChI=1S/C24H23NO4/c1-4-15-10-13-19-22(27)25(16-8-6-5-7-9-16)23(28)24(19,2)21(15)18-12-11-17(26)14-20(18)29-3/h4-12,14,19,21,26H,1,13H2,2-3H3. The van der Waals surface area contributed by atoms with Gasteiger partial charge in [-0.25, -0.2) is 4.90 Å². The van der Waals surface area contributed by atoms with Gasteiger partial charge in [0.25, 0.3) is 0 Å². The van der Waals surface area contributed by atoms with Crippen LogP contribution in [0.2, 0.25) is 0 Å². The van der Waals surface area contributed by atoms with Crippen LogP contribution in [0.5, 0.6) is 11.5 Å². The largest absolute Gasteiger partial charge is 0.508 e. The molecule has 5 heteroatoms. The molecule has 0 spiro atoms. The topological polar surface area (TPSA) is 66.8 Å². The number of hydrogen-bond donors (Lipinski definition) is 1. The third kappa shape index (κ3) is 2.69. The molecule has 0 saturated carbocycles. The molecule has 0 radical (unpaired) electrons. The van der Waals surface area contributed by atoms with E-state index in [1.54, 1.807) is 30.3 Å². The van der Waals surface area contributed by atoms with Crippen LogP contribution in [0.1, 0.15) is 24.8 Å². The number of phenols is 1. The second kappa shape index (κ2) is 6.92. The molecule has 1 fully saturated rings.